The van der Waals surface area contributed by atoms with Crippen molar-refractivity contribution in [3.05, 3.63) is 35.4 Å². The predicted octanol–water partition coefficient (Wildman–Crippen LogP) is 2.83. The second-order valence-electron chi connectivity index (χ2n) is 4.66. The molecule has 0 saturated heterocycles. The minimum absolute atomic E-state index is 0.321. The van der Waals surface area contributed by atoms with Crippen LogP contribution >= 0.6 is 0 Å². The molecule has 5 heteroatoms. The summed E-state index contributed by atoms with van der Waals surface area (Å²) in [5.41, 5.74) is 2.07. The van der Waals surface area contributed by atoms with Crippen molar-refractivity contribution in [2.24, 2.45) is 0 Å². The first kappa shape index (κ1) is 16.0. The largest absolute Gasteiger partial charge is 0.401 e. The Bertz CT molecular complexity index is 377. The minimum Gasteiger partial charge on any atom is -0.317 e. The summed E-state index contributed by atoms with van der Waals surface area (Å²) in [7, 11) is 1.49. The van der Waals surface area contributed by atoms with E-state index in [0.29, 0.717) is 6.54 Å². The zero-order valence-corrected chi connectivity index (χ0v) is 11.4. The Kier molecular flexibility index (Phi) is 6.31. The van der Waals surface area contributed by atoms with E-state index in [2.05, 4.69) is 5.32 Å². The molecule has 0 spiro atoms. The second kappa shape index (κ2) is 7.50. The van der Waals surface area contributed by atoms with Crippen LogP contribution in [-0.2, 0) is 13.0 Å². The fourth-order valence-corrected chi connectivity index (χ4v) is 2.01. The van der Waals surface area contributed by atoms with Crippen molar-refractivity contribution in [2.45, 2.75) is 26.1 Å². The molecule has 1 aromatic rings. The molecule has 0 aromatic heterocycles. The molecular weight excluding hydrogens is 253 g/mol. The smallest absolute Gasteiger partial charge is 0.317 e. The van der Waals surface area contributed by atoms with Crippen LogP contribution in [-0.4, -0.2) is 37.8 Å². The number of nitrogens with one attached hydrogen (secondary N) is 1. The van der Waals surface area contributed by atoms with Gasteiger partial charge in [0.2, 0.25) is 0 Å². The van der Waals surface area contributed by atoms with Crippen LogP contribution in [0.25, 0.3) is 0 Å². The summed E-state index contributed by atoms with van der Waals surface area (Å²) >= 11 is 0. The van der Waals surface area contributed by atoms with E-state index in [1.165, 1.54) is 11.9 Å². The summed E-state index contributed by atoms with van der Waals surface area (Å²) in [6, 6.07) is 7.67. The normalized spacial score (nSPS) is 12.1. The van der Waals surface area contributed by atoms with Crippen molar-refractivity contribution in [3.8, 4) is 0 Å². The first-order chi connectivity index (χ1) is 8.92. The summed E-state index contributed by atoms with van der Waals surface area (Å²) in [4.78, 5) is 1.30. The topological polar surface area (TPSA) is 15.3 Å². The number of benzene rings is 1. The molecule has 0 atom stereocenters. The van der Waals surface area contributed by atoms with Crippen LogP contribution in [0.2, 0.25) is 0 Å². The van der Waals surface area contributed by atoms with Gasteiger partial charge in [-0.1, -0.05) is 31.2 Å². The van der Waals surface area contributed by atoms with Gasteiger partial charge in [-0.05, 0) is 37.7 Å². The second-order valence-corrected chi connectivity index (χ2v) is 4.66. The fourth-order valence-electron chi connectivity index (χ4n) is 2.01. The van der Waals surface area contributed by atoms with Gasteiger partial charge in [0.1, 0.15) is 0 Å². The van der Waals surface area contributed by atoms with Gasteiger partial charge in [0, 0.05) is 6.54 Å². The molecule has 0 saturated carbocycles. The average molecular weight is 274 g/mol. The standard InChI is InChI=1S/C14H21F3N2/c1-3-18-9-8-12-6-4-5-7-13(12)10-19(2)11-14(15,16)17/h4-7,18H,3,8-11H2,1-2H3. The van der Waals surface area contributed by atoms with E-state index in [-0.39, 0.29) is 0 Å². The first-order valence-electron chi connectivity index (χ1n) is 6.45. The first-order valence-corrected chi connectivity index (χ1v) is 6.45. The van der Waals surface area contributed by atoms with Crippen LogP contribution in [0, 0.1) is 0 Å². The Morgan fingerprint density at radius 3 is 2.37 bits per heavy atom. The summed E-state index contributed by atoms with van der Waals surface area (Å²) in [5.74, 6) is 0. The van der Waals surface area contributed by atoms with Gasteiger partial charge >= 0.3 is 6.18 Å². The lowest BCUT2D eigenvalue weighted by Gasteiger charge is -2.20. The molecule has 0 unspecified atom stereocenters. The van der Waals surface area contributed by atoms with Crippen molar-refractivity contribution < 1.29 is 13.2 Å². The van der Waals surface area contributed by atoms with E-state index < -0.39 is 12.7 Å². The molecule has 108 valence electrons. The van der Waals surface area contributed by atoms with Crippen LogP contribution < -0.4 is 5.32 Å². The van der Waals surface area contributed by atoms with Crippen LogP contribution in [0.4, 0.5) is 13.2 Å². The molecule has 0 aliphatic heterocycles. The van der Waals surface area contributed by atoms with Crippen molar-refractivity contribution in [2.75, 3.05) is 26.7 Å². The maximum Gasteiger partial charge on any atom is 0.401 e. The Morgan fingerprint density at radius 2 is 1.79 bits per heavy atom. The van der Waals surface area contributed by atoms with Crippen molar-refractivity contribution >= 4 is 0 Å². The minimum atomic E-state index is -4.15. The quantitative estimate of drug-likeness (QED) is 0.769. The number of hydrogen-bond acceptors (Lipinski definition) is 2. The summed E-state index contributed by atoms with van der Waals surface area (Å²) in [5, 5.41) is 3.22. The molecular formula is C14H21F3N2. The van der Waals surface area contributed by atoms with Crippen molar-refractivity contribution in [1.82, 2.24) is 10.2 Å². The Labute approximate surface area is 112 Å². The van der Waals surface area contributed by atoms with E-state index >= 15 is 0 Å². The van der Waals surface area contributed by atoms with Gasteiger partial charge in [0.15, 0.2) is 0 Å². The van der Waals surface area contributed by atoms with Crippen LogP contribution in [0.15, 0.2) is 24.3 Å². The van der Waals surface area contributed by atoms with E-state index in [1.807, 2.05) is 31.2 Å². The maximum absolute atomic E-state index is 12.3. The van der Waals surface area contributed by atoms with Gasteiger partial charge in [-0.25, -0.2) is 0 Å². The number of likely N-dealkylation sites (N-methyl/N-ethyl adjacent to an activating group) is 1. The lowest BCUT2D eigenvalue weighted by atomic mass is 10.0. The molecule has 1 aromatic carbocycles. The molecule has 0 aliphatic carbocycles. The van der Waals surface area contributed by atoms with E-state index in [4.69, 9.17) is 0 Å². The van der Waals surface area contributed by atoms with E-state index in [0.717, 1.165) is 30.6 Å². The SMILES string of the molecule is CCNCCc1ccccc1CN(C)CC(F)(F)F. The summed E-state index contributed by atoms with van der Waals surface area (Å²) in [6.07, 6.45) is -3.31. The van der Waals surface area contributed by atoms with Crippen molar-refractivity contribution in [3.63, 3.8) is 0 Å². The highest BCUT2D eigenvalue weighted by Crippen LogP contribution is 2.18. The van der Waals surface area contributed by atoms with Gasteiger partial charge < -0.3 is 5.32 Å². The van der Waals surface area contributed by atoms with Gasteiger partial charge in [-0.15, -0.1) is 0 Å². The monoisotopic (exact) mass is 274 g/mol. The molecule has 1 N–H and O–H groups in total. The van der Waals surface area contributed by atoms with Crippen LogP contribution in [0.5, 0.6) is 0 Å². The number of rotatable bonds is 7. The Morgan fingerprint density at radius 1 is 1.16 bits per heavy atom. The third-order valence-electron chi connectivity index (χ3n) is 2.83. The molecule has 0 aliphatic rings. The molecule has 2 nitrogen and oxygen atoms in total. The molecule has 0 radical (unpaired) electrons. The molecule has 0 bridgehead atoms. The molecule has 0 heterocycles. The number of nitrogens with zero attached hydrogens (tertiary/aromatic N) is 1. The molecule has 0 amide bonds. The third kappa shape index (κ3) is 6.59. The molecule has 1 rings (SSSR count). The zero-order valence-electron chi connectivity index (χ0n) is 11.4. The number of hydrogen-bond donors (Lipinski definition) is 1. The molecule has 19 heavy (non-hydrogen) atoms. The lowest BCUT2D eigenvalue weighted by Crippen LogP contribution is -2.31. The number of alkyl halides is 3. The highest BCUT2D eigenvalue weighted by atomic mass is 19.4. The average Bonchev–Trinajstić information content (AvgIpc) is 2.29. The highest BCUT2D eigenvalue weighted by Gasteiger charge is 2.29. The van der Waals surface area contributed by atoms with Gasteiger partial charge in [0.25, 0.3) is 0 Å². The zero-order chi connectivity index (χ0) is 14.3. The highest BCUT2D eigenvalue weighted by molar-refractivity contribution is 5.27. The lowest BCUT2D eigenvalue weighted by molar-refractivity contribution is -0.144. The van der Waals surface area contributed by atoms with Crippen molar-refractivity contribution in [1.29, 1.82) is 0 Å². The predicted molar refractivity (Wildman–Crippen MR) is 71.1 cm³/mol. The molecule has 0 fully saturated rings. The summed E-state index contributed by atoms with van der Waals surface area (Å²) in [6.45, 7) is 3.21. The Hall–Kier alpha value is -1.07. The van der Waals surface area contributed by atoms with Crippen LogP contribution in [0.1, 0.15) is 18.1 Å². The van der Waals surface area contributed by atoms with E-state index in [9.17, 15) is 13.2 Å². The van der Waals surface area contributed by atoms with Gasteiger partial charge in [0.05, 0.1) is 6.54 Å². The third-order valence-corrected chi connectivity index (χ3v) is 2.83. The fraction of sp³-hybridized carbons (Fsp3) is 0.571. The summed E-state index contributed by atoms with van der Waals surface area (Å²) < 4.78 is 36.9. The van der Waals surface area contributed by atoms with Gasteiger partial charge in [-0.2, -0.15) is 13.2 Å². The van der Waals surface area contributed by atoms with E-state index in [1.54, 1.807) is 0 Å². The Balaban J connectivity index is 2.61. The van der Waals surface area contributed by atoms with Crippen LogP contribution in [0.3, 0.4) is 0 Å². The number of halogens is 3. The maximum atomic E-state index is 12.3. The van der Waals surface area contributed by atoms with Gasteiger partial charge in [-0.3, -0.25) is 4.90 Å².